The fourth-order valence-electron chi connectivity index (χ4n) is 3.31. The molecule has 1 aliphatic rings. The van der Waals surface area contributed by atoms with Crippen molar-refractivity contribution < 1.29 is 23.5 Å². The number of hydrogen-bond donors (Lipinski definition) is 1. The Hall–Kier alpha value is -3.33. The van der Waals surface area contributed by atoms with Crippen LogP contribution in [0, 0.1) is 12.7 Å². The zero-order valence-electron chi connectivity index (χ0n) is 18.9. The lowest BCUT2D eigenvalue weighted by Gasteiger charge is -2.14. The Bertz CT molecular complexity index is 1360. The highest BCUT2D eigenvalue weighted by atomic mass is 35.5. The number of halogens is 3. The lowest BCUT2D eigenvalue weighted by Crippen LogP contribution is -2.28. The van der Waals surface area contributed by atoms with Crippen molar-refractivity contribution in [3.63, 3.8) is 0 Å². The highest BCUT2D eigenvalue weighted by Gasteiger charge is 2.35. The van der Waals surface area contributed by atoms with Crippen molar-refractivity contribution in [1.29, 1.82) is 0 Å². The first kappa shape index (κ1) is 25.8. The summed E-state index contributed by atoms with van der Waals surface area (Å²) in [5, 5.41) is 2.90. The number of aryl methyl sites for hydroxylation is 1. The third-order valence-electron chi connectivity index (χ3n) is 5.25. The number of carbonyl (C=O) groups excluding carboxylic acids is 3. The zero-order chi connectivity index (χ0) is 25.8. The molecule has 0 spiro atoms. The molecule has 3 aromatic carbocycles. The molecule has 1 fully saturated rings. The summed E-state index contributed by atoms with van der Waals surface area (Å²) < 4.78 is 19.6. The predicted molar refractivity (Wildman–Crippen MR) is 140 cm³/mol. The number of nitrogens with one attached hydrogen (secondary N) is 1. The van der Waals surface area contributed by atoms with Gasteiger partial charge >= 0.3 is 0 Å². The van der Waals surface area contributed by atoms with E-state index in [1.807, 2.05) is 6.92 Å². The van der Waals surface area contributed by atoms with Gasteiger partial charge in [0.15, 0.2) is 6.61 Å². The maximum absolute atomic E-state index is 14.1. The Morgan fingerprint density at radius 1 is 1.08 bits per heavy atom. The molecule has 1 aliphatic heterocycles. The van der Waals surface area contributed by atoms with Crippen molar-refractivity contribution in [1.82, 2.24) is 4.90 Å². The van der Waals surface area contributed by atoms with Gasteiger partial charge in [0.25, 0.3) is 17.1 Å². The van der Waals surface area contributed by atoms with Crippen LogP contribution >= 0.6 is 35.0 Å². The third kappa shape index (κ3) is 6.07. The second-order valence-corrected chi connectivity index (χ2v) is 9.65. The third-order valence-corrected chi connectivity index (χ3v) is 6.92. The van der Waals surface area contributed by atoms with Crippen LogP contribution < -0.4 is 10.1 Å². The van der Waals surface area contributed by atoms with Crippen LogP contribution in [0.4, 0.5) is 14.9 Å². The minimum atomic E-state index is -0.586. The summed E-state index contributed by atoms with van der Waals surface area (Å²) >= 11 is 12.9. The van der Waals surface area contributed by atoms with E-state index < -0.39 is 17.0 Å². The number of amides is 3. The maximum atomic E-state index is 14.1. The quantitative estimate of drug-likeness (QED) is 0.335. The van der Waals surface area contributed by atoms with Gasteiger partial charge in [-0.15, -0.1) is 0 Å². The van der Waals surface area contributed by atoms with Crippen LogP contribution in [0.1, 0.15) is 16.7 Å². The molecule has 4 rings (SSSR count). The number of imide groups is 1. The fourth-order valence-corrected chi connectivity index (χ4v) is 4.55. The van der Waals surface area contributed by atoms with Gasteiger partial charge in [-0.3, -0.25) is 19.3 Å². The van der Waals surface area contributed by atoms with Crippen molar-refractivity contribution in [2.75, 3.05) is 11.9 Å². The van der Waals surface area contributed by atoms with Gasteiger partial charge in [-0.05, 0) is 72.3 Å². The van der Waals surface area contributed by atoms with E-state index in [1.54, 1.807) is 48.5 Å². The van der Waals surface area contributed by atoms with Gasteiger partial charge in [0.2, 0.25) is 0 Å². The number of benzene rings is 3. The number of hydrogen-bond acceptors (Lipinski definition) is 5. The van der Waals surface area contributed by atoms with Crippen molar-refractivity contribution in [3.05, 3.63) is 98.1 Å². The molecule has 1 heterocycles. The summed E-state index contributed by atoms with van der Waals surface area (Å²) in [5.74, 6) is -1.01. The molecule has 0 bridgehead atoms. The van der Waals surface area contributed by atoms with Crippen LogP contribution in [0.15, 0.2) is 65.6 Å². The minimum absolute atomic E-state index is 0.0822. The first-order chi connectivity index (χ1) is 17.2. The van der Waals surface area contributed by atoms with E-state index in [0.717, 1.165) is 22.2 Å². The van der Waals surface area contributed by atoms with Crippen molar-refractivity contribution in [2.45, 2.75) is 13.5 Å². The lowest BCUT2D eigenvalue weighted by molar-refractivity contribution is -0.123. The summed E-state index contributed by atoms with van der Waals surface area (Å²) in [7, 11) is 0. The van der Waals surface area contributed by atoms with Crippen LogP contribution in [0.25, 0.3) is 6.08 Å². The van der Waals surface area contributed by atoms with E-state index >= 15 is 0 Å². The molecule has 10 heteroatoms. The first-order valence-corrected chi connectivity index (χ1v) is 12.3. The number of nitrogens with zero attached hydrogens (tertiary/aromatic N) is 1. The van der Waals surface area contributed by atoms with Crippen LogP contribution in [-0.2, 0) is 16.1 Å². The number of rotatable bonds is 7. The topological polar surface area (TPSA) is 75.7 Å². The van der Waals surface area contributed by atoms with E-state index in [2.05, 4.69) is 5.32 Å². The highest BCUT2D eigenvalue weighted by Crippen LogP contribution is 2.34. The molecule has 0 radical (unpaired) electrons. The first-order valence-electron chi connectivity index (χ1n) is 10.7. The monoisotopic (exact) mass is 544 g/mol. The van der Waals surface area contributed by atoms with Gasteiger partial charge in [0.05, 0.1) is 11.4 Å². The van der Waals surface area contributed by atoms with E-state index in [1.165, 1.54) is 18.2 Å². The molecule has 6 nitrogen and oxygen atoms in total. The smallest absolute Gasteiger partial charge is 0.293 e. The summed E-state index contributed by atoms with van der Waals surface area (Å²) in [6, 6.07) is 16.1. The number of carbonyl (C=O) groups is 3. The number of ether oxygens (including phenoxy) is 1. The molecule has 3 amide bonds. The number of anilines is 1. The molecule has 0 aliphatic carbocycles. The molecule has 0 atom stereocenters. The Balaban J connectivity index is 1.36. The molecule has 1 saturated heterocycles. The van der Waals surface area contributed by atoms with Crippen LogP contribution in [-0.4, -0.2) is 28.6 Å². The predicted octanol–water partition coefficient (Wildman–Crippen LogP) is 6.69. The van der Waals surface area contributed by atoms with Gasteiger partial charge < -0.3 is 10.1 Å². The van der Waals surface area contributed by atoms with E-state index in [4.69, 9.17) is 27.9 Å². The average molecular weight is 545 g/mol. The molecular weight excluding hydrogens is 526 g/mol. The molecule has 0 saturated carbocycles. The van der Waals surface area contributed by atoms with E-state index in [-0.39, 0.29) is 34.6 Å². The Morgan fingerprint density at radius 2 is 1.83 bits per heavy atom. The SMILES string of the molecule is Cc1ccc(NC(=O)COc2ccc(/C=C3\SC(=O)N(Cc4c(F)cccc4Cl)C3=O)cc2)cc1Cl. The van der Waals surface area contributed by atoms with Crippen LogP contribution in [0.5, 0.6) is 5.75 Å². The molecular formula is C26H19Cl2FN2O4S. The van der Waals surface area contributed by atoms with Crippen LogP contribution in [0.2, 0.25) is 10.0 Å². The maximum Gasteiger partial charge on any atom is 0.293 e. The second kappa shape index (κ2) is 11.2. The molecule has 184 valence electrons. The fraction of sp³-hybridized carbons (Fsp3) is 0.115. The van der Waals surface area contributed by atoms with E-state index in [0.29, 0.717) is 22.0 Å². The Morgan fingerprint density at radius 3 is 2.53 bits per heavy atom. The Labute approximate surface area is 221 Å². The summed E-state index contributed by atoms with van der Waals surface area (Å²) in [6.45, 7) is 1.41. The van der Waals surface area contributed by atoms with Crippen molar-refractivity contribution in [2.24, 2.45) is 0 Å². The minimum Gasteiger partial charge on any atom is -0.484 e. The lowest BCUT2D eigenvalue weighted by atomic mass is 10.2. The summed E-state index contributed by atoms with van der Waals surface area (Å²) in [5.41, 5.74) is 2.21. The normalized spacial score (nSPS) is 14.4. The zero-order valence-corrected chi connectivity index (χ0v) is 21.2. The standard InChI is InChI=1S/C26H19Cl2FN2O4S/c1-15-5-8-17(12-21(15)28)30-24(32)14-35-18-9-6-16(7-10-18)11-23-25(33)31(26(34)36-23)13-19-20(27)3-2-4-22(19)29/h2-12H,13-14H2,1H3,(H,30,32)/b23-11-. The summed E-state index contributed by atoms with van der Waals surface area (Å²) in [6.07, 6.45) is 1.56. The average Bonchev–Trinajstić information content (AvgIpc) is 3.10. The van der Waals surface area contributed by atoms with Gasteiger partial charge in [0, 0.05) is 21.3 Å². The molecule has 36 heavy (non-hydrogen) atoms. The second-order valence-electron chi connectivity index (χ2n) is 7.84. The number of thioether (sulfide) groups is 1. The molecule has 1 N–H and O–H groups in total. The summed E-state index contributed by atoms with van der Waals surface area (Å²) in [4.78, 5) is 38.4. The highest BCUT2D eigenvalue weighted by molar-refractivity contribution is 8.18. The molecule has 0 aromatic heterocycles. The van der Waals surface area contributed by atoms with E-state index in [9.17, 15) is 18.8 Å². The van der Waals surface area contributed by atoms with Crippen LogP contribution in [0.3, 0.4) is 0 Å². The van der Waals surface area contributed by atoms with Gasteiger partial charge in [0.1, 0.15) is 11.6 Å². The Kier molecular flexibility index (Phi) is 7.98. The van der Waals surface area contributed by atoms with Crippen molar-refractivity contribution >= 4 is 63.8 Å². The van der Waals surface area contributed by atoms with Gasteiger partial charge in [-0.25, -0.2) is 4.39 Å². The van der Waals surface area contributed by atoms with Gasteiger partial charge in [-0.1, -0.05) is 47.5 Å². The largest absolute Gasteiger partial charge is 0.484 e. The van der Waals surface area contributed by atoms with Gasteiger partial charge in [-0.2, -0.15) is 0 Å². The van der Waals surface area contributed by atoms with Crippen molar-refractivity contribution in [3.8, 4) is 5.75 Å². The molecule has 0 unspecified atom stereocenters. The molecule has 3 aromatic rings.